The van der Waals surface area contributed by atoms with Crippen molar-refractivity contribution >= 4 is 11.6 Å². The number of hydrogen-bond donors (Lipinski definition) is 1. The van der Waals surface area contributed by atoms with Gasteiger partial charge in [0.15, 0.2) is 5.82 Å². The van der Waals surface area contributed by atoms with Crippen LogP contribution in [0.1, 0.15) is 15.9 Å². The van der Waals surface area contributed by atoms with Crippen LogP contribution in [0.4, 0.5) is 5.69 Å². The molecule has 0 aliphatic rings. The fourth-order valence-electron chi connectivity index (χ4n) is 3.66. The van der Waals surface area contributed by atoms with Gasteiger partial charge in [-0.1, -0.05) is 72.8 Å². The summed E-state index contributed by atoms with van der Waals surface area (Å²) in [4.78, 5) is 13.3. The van der Waals surface area contributed by atoms with Gasteiger partial charge in [-0.2, -0.15) is 5.10 Å². The summed E-state index contributed by atoms with van der Waals surface area (Å²) < 4.78 is 3.39. The van der Waals surface area contributed by atoms with Crippen molar-refractivity contribution in [3.8, 4) is 22.6 Å². The van der Waals surface area contributed by atoms with Gasteiger partial charge < -0.3 is 5.32 Å². The highest BCUT2D eigenvalue weighted by Gasteiger charge is 2.19. The van der Waals surface area contributed by atoms with E-state index in [0.29, 0.717) is 29.3 Å². The Labute approximate surface area is 190 Å². The van der Waals surface area contributed by atoms with Gasteiger partial charge in [-0.3, -0.25) is 9.48 Å². The first kappa shape index (κ1) is 20.3. The number of aromatic nitrogens is 6. The van der Waals surface area contributed by atoms with E-state index >= 15 is 0 Å². The Bertz CT molecular complexity index is 1390. The van der Waals surface area contributed by atoms with Crippen LogP contribution < -0.4 is 5.32 Å². The molecule has 8 heteroatoms. The lowest BCUT2D eigenvalue weighted by atomic mass is 10.1. The number of aryl methyl sites for hydroxylation is 1. The van der Waals surface area contributed by atoms with Gasteiger partial charge in [-0.15, -0.1) is 5.10 Å². The Hall–Kier alpha value is -4.59. The van der Waals surface area contributed by atoms with Crippen LogP contribution in [0.3, 0.4) is 0 Å². The first-order chi connectivity index (χ1) is 16.2. The molecule has 3 aromatic carbocycles. The standard InChI is InChI=1S/C25H21N7O/c1-31-24(27-29-30-31)20-13-8-14-21(15-20)26-25(33)22-17-32(16-18-9-4-2-5-10-18)28-23(22)19-11-6-3-7-12-19/h2-15,17H,16H2,1H3,(H,26,33). The maximum atomic E-state index is 13.3. The van der Waals surface area contributed by atoms with Crippen LogP contribution >= 0.6 is 0 Å². The van der Waals surface area contributed by atoms with E-state index in [2.05, 4.69) is 20.8 Å². The Morgan fingerprint density at radius 2 is 1.64 bits per heavy atom. The summed E-state index contributed by atoms with van der Waals surface area (Å²) in [7, 11) is 1.77. The Morgan fingerprint density at radius 1 is 0.909 bits per heavy atom. The van der Waals surface area contributed by atoms with Gasteiger partial charge in [0.1, 0.15) is 5.69 Å². The van der Waals surface area contributed by atoms with Gasteiger partial charge in [0.2, 0.25) is 0 Å². The highest BCUT2D eigenvalue weighted by Crippen LogP contribution is 2.25. The second kappa shape index (κ2) is 8.88. The van der Waals surface area contributed by atoms with E-state index in [1.165, 1.54) is 0 Å². The third-order valence-electron chi connectivity index (χ3n) is 5.24. The van der Waals surface area contributed by atoms with E-state index < -0.39 is 0 Å². The number of amides is 1. The maximum Gasteiger partial charge on any atom is 0.259 e. The lowest BCUT2D eigenvalue weighted by Crippen LogP contribution is -2.12. The van der Waals surface area contributed by atoms with Crippen LogP contribution in [-0.4, -0.2) is 35.9 Å². The van der Waals surface area contributed by atoms with Gasteiger partial charge in [0.25, 0.3) is 5.91 Å². The highest BCUT2D eigenvalue weighted by atomic mass is 16.1. The average molecular weight is 435 g/mol. The van der Waals surface area contributed by atoms with Crippen molar-refractivity contribution in [3.63, 3.8) is 0 Å². The quantitative estimate of drug-likeness (QED) is 0.435. The third kappa shape index (κ3) is 4.40. The summed E-state index contributed by atoms with van der Waals surface area (Å²) in [6.07, 6.45) is 1.79. The second-order valence-corrected chi connectivity index (χ2v) is 7.60. The van der Waals surface area contributed by atoms with Gasteiger partial charge >= 0.3 is 0 Å². The first-order valence-corrected chi connectivity index (χ1v) is 10.5. The van der Waals surface area contributed by atoms with E-state index in [1.807, 2.05) is 84.9 Å². The highest BCUT2D eigenvalue weighted by molar-refractivity contribution is 6.08. The molecule has 33 heavy (non-hydrogen) atoms. The summed E-state index contributed by atoms with van der Waals surface area (Å²) >= 11 is 0. The number of hydrogen-bond acceptors (Lipinski definition) is 5. The average Bonchev–Trinajstić information content (AvgIpc) is 3.47. The van der Waals surface area contributed by atoms with Crippen LogP contribution in [0.15, 0.2) is 91.1 Å². The fourth-order valence-corrected chi connectivity index (χ4v) is 3.66. The largest absolute Gasteiger partial charge is 0.322 e. The molecule has 0 atom stereocenters. The topological polar surface area (TPSA) is 90.5 Å². The Balaban J connectivity index is 1.46. The summed E-state index contributed by atoms with van der Waals surface area (Å²) in [5.41, 5.74) is 4.59. The van der Waals surface area contributed by atoms with Crippen LogP contribution in [0.5, 0.6) is 0 Å². The number of nitrogens with zero attached hydrogens (tertiary/aromatic N) is 6. The third-order valence-corrected chi connectivity index (χ3v) is 5.24. The molecule has 1 N–H and O–H groups in total. The number of benzene rings is 3. The SMILES string of the molecule is Cn1nnnc1-c1cccc(NC(=O)c2cn(Cc3ccccc3)nc2-c2ccccc2)c1. The minimum atomic E-state index is -0.235. The number of tetrazole rings is 1. The van der Waals surface area contributed by atoms with Gasteiger partial charge in [0, 0.05) is 30.1 Å². The van der Waals surface area contributed by atoms with Gasteiger partial charge in [-0.05, 0) is 28.1 Å². The zero-order chi connectivity index (χ0) is 22.6. The van der Waals surface area contributed by atoms with Crippen LogP contribution in [-0.2, 0) is 13.6 Å². The van der Waals surface area contributed by atoms with E-state index in [9.17, 15) is 4.79 Å². The minimum Gasteiger partial charge on any atom is -0.322 e. The molecule has 0 bridgehead atoms. The molecule has 0 radical (unpaired) electrons. The van der Waals surface area contributed by atoms with Crippen LogP contribution in [0.2, 0.25) is 0 Å². The number of carbonyl (C=O) groups excluding carboxylic acids is 1. The van der Waals surface area contributed by atoms with E-state index in [0.717, 1.165) is 16.7 Å². The lowest BCUT2D eigenvalue weighted by molar-refractivity contribution is 0.102. The lowest BCUT2D eigenvalue weighted by Gasteiger charge is -2.07. The Morgan fingerprint density at radius 3 is 2.36 bits per heavy atom. The number of anilines is 1. The molecule has 0 unspecified atom stereocenters. The molecule has 2 aromatic heterocycles. The smallest absolute Gasteiger partial charge is 0.259 e. The number of nitrogens with one attached hydrogen (secondary N) is 1. The monoisotopic (exact) mass is 435 g/mol. The zero-order valence-corrected chi connectivity index (χ0v) is 18.0. The van der Waals surface area contributed by atoms with Crippen molar-refractivity contribution in [2.45, 2.75) is 6.54 Å². The molecule has 0 fully saturated rings. The van der Waals surface area contributed by atoms with Crippen molar-refractivity contribution in [2.24, 2.45) is 7.05 Å². The van der Waals surface area contributed by atoms with Crippen LogP contribution in [0.25, 0.3) is 22.6 Å². The molecular formula is C25H21N7O. The molecule has 5 rings (SSSR count). The molecule has 0 spiro atoms. The first-order valence-electron chi connectivity index (χ1n) is 10.5. The van der Waals surface area contributed by atoms with E-state index in [-0.39, 0.29) is 5.91 Å². The Kier molecular flexibility index (Phi) is 5.47. The molecule has 5 aromatic rings. The van der Waals surface area contributed by atoms with Crippen molar-refractivity contribution in [2.75, 3.05) is 5.32 Å². The van der Waals surface area contributed by atoms with E-state index in [1.54, 1.807) is 22.6 Å². The summed E-state index contributed by atoms with van der Waals surface area (Å²) in [5.74, 6) is 0.383. The molecule has 1 amide bonds. The molecule has 0 saturated carbocycles. The van der Waals surface area contributed by atoms with E-state index in [4.69, 9.17) is 5.10 Å². The number of rotatable bonds is 6. The summed E-state index contributed by atoms with van der Waals surface area (Å²) in [6.45, 7) is 0.572. The molecular weight excluding hydrogens is 414 g/mol. The van der Waals surface area contributed by atoms with Crippen LogP contribution in [0, 0.1) is 0 Å². The maximum absolute atomic E-state index is 13.3. The normalized spacial score (nSPS) is 10.8. The van der Waals surface area contributed by atoms with Crippen molar-refractivity contribution < 1.29 is 4.79 Å². The zero-order valence-electron chi connectivity index (χ0n) is 18.0. The summed E-state index contributed by atoms with van der Waals surface area (Å²) in [6, 6.07) is 27.2. The van der Waals surface area contributed by atoms with Crippen molar-refractivity contribution in [1.29, 1.82) is 0 Å². The number of carbonyl (C=O) groups is 1. The van der Waals surface area contributed by atoms with Crippen molar-refractivity contribution in [3.05, 3.63) is 102 Å². The molecule has 0 aliphatic heterocycles. The van der Waals surface area contributed by atoms with Crippen molar-refractivity contribution in [1.82, 2.24) is 30.0 Å². The predicted molar refractivity (Wildman–Crippen MR) is 125 cm³/mol. The molecule has 0 aliphatic carbocycles. The molecule has 2 heterocycles. The molecule has 8 nitrogen and oxygen atoms in total. The minimum absolute atomic E-state index is 0.235. The predicted octanol–water partition coefficient (Wildman–Crippen LogP) is 4.04. The van der Waals surface area contributed by atoms with Gasteiger partial charge in [0.05, 0.1) is 12.1 Å². The summed E-state index contributed by atoms with van der Waals surface area (Å²) in [5, 5.41) is 19.3. The van der Waals surface area contributed by atoms with Gasteiger partial charge in [-0.25, -0.2) is 4.68 Å². The molecule has 162 valence electrons. The second-order valence-electron chi connectivity index (χ2n) is 7.60. The molecule has 0 saturated heterocycles. The fraction of sp³-hybridized carbons (Fsp3) is 0.0800.